The number of tetrazole rings is 1. The van der Waals surface area contributed by atoms with Crippen LogP contribution >= 0.6 is 0 Å². The summed E-state index contributed by atoms with van der Waals surface area (Å²) in [6, 6.07) is 7.57. The molecule has 3 aromatic rings. The van der Waals surface area contributed by atoms with Crippen LogP contribution in [0.15, 0.2) is 30.3 Å². The third kappa shape index (κ3) is 3.56. The van der Waals surface area contributed by atoms with E-state index in [-0.39, 0.29) is 18.3 Å². The molecule has 0 saturated carbocycles. The maximum atomic E-state index is 13.0. The second-order valence-electron chi connectivity index (χ2n) is 6.43. The fraction of sp³-hybridized carbons (Fsp3) is 0.353. The Balaban J connectivity index is 1.43. The van der Waals surface area contributed by atoms with Crippen LogP contribution in [0.4, 0.5) is 4.39 Å². The average molecular weight is 371 g/mol. The molecule has 1 atom stereocenters. The number of amides is 1. The van der Waals surface area contributed by atoms with E-state index in [2.05, 4.69) is 20.5 Å². The summed E-state index contributed by atoms with van der Waals surface area (Å²) in [6.07, 6.45) is -0.642. The quantitative estimate of drug-likeness (QED) is 0.727. The Kier molecular flexibility index (Phi) is 4.40. The molecule has 2 aromatic heterocycles. The first-order chi connectivity index (χ1) is 13.0. The molecule has 0 bridgehead atoms. The molecule has 0 aliphatic carbocycles. The lowest BCUT2D eigenvalue weighted by Crippen LogP contribution is -2.40. The number of halogens is 1. The second kappa shape index (κ2) is 6.88. The van der Waals surface area contributed by atoms with Crippen molar-refractivity contribution in [2.24, 2.45) is 0 Å². The molecule has 1 N–H and O–H groups in total. The molecule has 9 nitrogen and oxygen atoms in total. The van der Waals surface area contributed by atoms with E-state index in [4.69, 9.17) is 0 Å². The highest BCUT2D eigenvalue weighted by atomic mass is 19.1. The van der Waals surface area contributed by atoms with Crippen molar-refractivity contribution in [3.63, 3.8) is 0 Å². The minimum Gasteiger partial charge on any atom is -0.387 e. The van der Waals surface area contributed by atoms with Crippen LogP contribution in [0.25, 0.3) is 11.4 Å². The Morgan fingerprint density at radius 1 is 1.26 bits per heavy atom. The summed E-state index contributed by atoms with van der Waals surface area (Å²) in [6.45, 7) is 3.13. The van der Waals surface area contributed by atoms with E-state index in [9.17, 15) is 14.3 Å². The lowest BCUT2D eigenvalue weighted by molar-refractivity contribution is -0.133. The van der Waals surface area contributed by atoms with E-state index < -0.39 is 6.10 Å². The normalized spacial score (nSPS) is 14.9. The SMILES string of the molecule is C[C@H](O)c1cc2n(n1)CCN(C(=O)Cn1nnc(-c3ccc(F)cc3)n1)C2. The molecule has 0 spiro atoms. The summed E-state index contributed by atoms with van der Waals surface area (Å²) in [5.41, 5.74) is 2.10. The lowest BCUT2D eigenvalue weighted by atomic mass is 10.2. The van der Waals surface area contributed by atoms with Crippen LogP contribution in [-0.4, -0.2) is 52.4 Å². The Hall–Kier alpha value is -3.14. The predicted octanol–water partition coefficient (Wildman–Crippen LogP) is 0.771. The van der Waals surface area contributed by atoms with Gasteiger partial charge in [-0.25, -0.2) is 4.39 Å². The van der Waals surface area contributed by atoms with Crippen LogP contribution in [0, 0.1) is 5.82 Å². The largest absolute Gasteiger partial charge is 0.387 e. The van der Waals surface area contributed by atoms with Crippen molar-refractivity contribution in [2.45, 2.75) is 32.7 Å². The molecule has 140 valence electrons. The van der Waals surface area contributed by atoms with Crippen molar-refractivity contribution in [1.29, 1.82) is 0 Å². The standard InChI is InChI=1S/C17H18FN7O2/c1-11(26)15-8-14-9-23(6-7-24(14)20-15)16(27)10-25-21-17(19-22-25)12-2-4-13(18)5-3-12/h2-5,8,11,26H,6-7,9-10H2,1H3/t11-/m0/s1. The van der Waals surface area contributed by atoms with Gasteiger partial charge in [0.15, 0.2) is 0 Å². The predicted molar refractivity (Wildman–Crippen MR) is 91.5 cm³/mol. The van der Waals surface area contributed by atoms with Crippen molar-refractivity contribution in [3.8, 4) is 11.4 Å². The molecule has 4 rings (SSSR count). The third-order valence-electron chi connectivity index (χ3n) is 4.43. The molecule has 1 aliphatic heterocycles. The van der Waals surface area contributed by atoms with Crippen LogP contribution in [-0.2, 0) is 24.4 Å². The van der Waals surface area contributed by atoms with Gasteiger partial charge in [-0.05, 0) is 42.5 Å². The highest BCUT2D eigenvalue weighted by Crippen LogP contribution is 2.18. The number of aromatic nitrogens is 6. The zero-order valence-electron chi connectivity index (χ0n) is 14.7. The van der Waals surface area contributed by atoms with Gasteiger partial charge in [-0.15, -0.1) is 10.2 Å². The van der Waals surface area contributed by atoms with Crippen molar-refractivity contribution in [2.75, 3.05) is 6.54 Å². The fourth-order valence-electron chi connectivity index (χ4n) is 2.95. The van der Waals surface area contributed by atoms with Gasteiger partial charge < -0.3 is 10.0 Å². The van der Waals surface area contributed by atoms with Crippen molar-refractivity contribution >= 4 is 5.91 Å². The van der Waals surface area contributed by atoms with Gasteiger partial charge in [0, 0.05) is 12.1 Å². The number of hydrogen-bond acceptors (Lipinski definition) is 6. The molecule has 3 heterocycles. The number of aliphatic hydroxyl groups is 1. The summed E-state index contributed by atoms with van der Waals surface area (Å²) in [4.78, 5) is 15.5. The van der Waals surface area contributed by atoms with Gasteiger partial charge >= 0.3 is 0 Å². The van der Waals surface area contributed by atoms with E-state index in [0.29, 0.717) is 36.7 Å². The Labute approximate surface area is 154 Å². The maximum Gasteiger partial charge on any atom is 0.246 e. The van der Waals surface area contributed by atoms with E-state index in [1.807, 2.05) is 10.7 Å². The van der Waals surface area contributed by atoms with Gasteiger partial charge in [0.05, 0.1) is 30.6 Å². The number of carbonyl (C=O) groups is 1. The molecule has 1 aliphatic rings. The molecule has 27 heavy (non-hydrogen) atoms. The smallest absolute Gasteiger partial charge is 0.246 e. The minimum absolute atomic E-state index is 0.0361. The van der Waals surface area contributed by atoms with Crippen LogP contribution in [0.5, 0.6) is 0 Å². The Morgan fingerprint density at radius 2 is 2.04 bits per heavy atom. The van der Waals surface area contributed by atoms with Crippen LogP contribution < -0.4 is 0 Å². The number of aliphatic hydroxyl groups excluding tert-OH is 1. The molecular formula is C17H18FN7O2. The van der Waals surface area contributed by atoms with Gasteiger partial charge in [-0.1, -0.05) is 0 Å². The second-order valence-corrected chi connectivity index (χ2v) is 6.43. The van der Waals surface area contributed by atoms with Crippen LogP contribution in [0.3, 0.4) is 0 Å². The molecule has 0 fully saturated rings. The number of fused-ring (bicyclic) bond motifs is 1. The Morgan fingerprint density at radius 3 is 2.78 bits per heavy atom. The first-order valence-corrected chi connectivity index (χ1v) is 8.56. The zero-order chi connectivity index (χ0) is 19.0. The van der Waals surface area contributed by atoms with Gasteiger partial charge in [0.2, 0.25) is 11.7 Å². The monoisotopic (exact) mass is 371 g/mol. The van der Waals surface area contributed by atoms with Crippen molar-refractivity contribution < 1.29 is 14.3 Å². The number of rotatable bonds is 4. The number of hydrogen-bond donors (Lipinski definition) is 1. The highest BCUT2D eigenvalue weighted by molar-refractivity contribution is 5.75. The molecule has 0 unspecified atom stereocenters. The fourth-order valence-corrected chi connectivity index (χ4v) is 2.95. The Bertz CT molecular complexity index is 964. The molecule has 0 radical (unpaired) electrons. The summed E-state index contributed by atoms with van der Waals surface area (Å²) < 4.78 is 14.8. The lowest BCUT2D eigenvalue weighted by Gasteiger charge is -2.27. The van der Waals surface area contributed by atoms with Gasteiger partial charge in [-0.2, -0.15) is 9.90 Å². The van der Waals surface area contributed by atoms with E-state index in [0.717, 1.165) is 5.69 Å². The molecule has 10 heteroatoms. The maximum absolute atomic E-state index is 13.0. The van der Waals surface area contributed by atoms with Crippen LogP contribution in [0.2, 0.25) is 0 Å². The molecule has 0 saturated heterocycles. The first-order valence-electron chi connectivity index (χ1n) is 8.56. The van der Waals surface area contributed by atoms with E-state index in [1.165, 1.54) is 16.9 Å². The first kappa shape index (κ1) is 17.3. The highest BCUT2D eigenvalue weighted by Gasteiger charge is 2.24. The summed E-state index contributed by atoms with van der Waals surface area (Å²) >= 11 is 0. The third-order valence-corrected chi connectivity index (χ3v) is 4.43. The number of benzene rings is 1. The summed E-state index contributed by atoms with van der Waals surface area (Å²) in [5, 5.41) is 26.0. The number of nitrogens with zero attached hydrogens (tertiary/aromatic N) is 7. The average Bonchev–Trinajstić information content (AvgIpc) is 3.28. The summed E-state index contributed by atoms with van der Waals surface area (Å²) in [7, 11) is 0. The number of carbonyl (C=O) groups excluding carboxylic acids is 1. The van der Waals surface area contributed by atoms with E-state index >= 15 is 0 Å². The van der Waals surface area contributed by atoms with Crippen molar-refractivity contribution in [1.82, 2.24) is 34.9 Å². The zero-order valence-corrected chi connectivity index (χ0v) is 14.7. The van der Waals surface area contributed by atoms with Gasteiger partial charge in [0.1, 0.15) is 12.4 Å². The topological polar surface area (TPSA) is 102 Å². The molecule has 1 amide bonds. The minimum atomic E-state index is -0.642. The van der Waals surface area contributed by atoms with Crippen LogP contribution in [0.1, 0.15) is 24.4 Å². The van der Waals surface area contributed by atoms with E-state index in [1.54, 1.807) is 24.0 Å². The van der Waals surface area contributed by atoms with Gasteiger partial charge in [-0.3, -0.25) is 9.48 Å². The molecular weight excluding hydrogens is 353 g/mol. The van der Waals surface area contributed by atoms with Crippen molar-refractivity contribution in [3.05, 3.63) is 47.5 Å². The van der Waals surface area contributed by atoms with Gasteiger partial charge in [0.25, 0.3) is 0 Å². The summed E-state index contributed by atoms with van der Waals surface area (Å²) in [5.74, 6) is -0.144. The molecule has 1 aromatic carbocycles.